The molecule has 0 aliphatic heterocycles. The van der Waals surface area contributed by atoms with Crippen molar-refractivity contribution >= 4 is 5.78 Å². The molecule has 2 atom stereocenters. The number of hydrogen-bond acceptors (Lipinski definition) is 1. The molecule has 0 heterocycles. The third kappa shape index (κ3) is 1.43. The molecule has 0 saturated carbocycles. The molecule has 0 radical (unpaired) electrons. The van der Waals surface area contributed by atoms with Crippen LogP contribution in [0.15, 0.2) is 36.4 Å². The van der Waals surface area contributed by atoms with Crippen molar-refractivity contribution < 1.29 is 4.79 Å². The van der Waals surface area contributed by atoms with Gasteiger partial charge in [0.05, 0.1) is 0 Å². The van der Waals surface area contributed by atoms with Gasteiger partial charge < -0.3 is 0 Å². The van der Waals surface area contributed by atoms with Crippen molar-refractivity contribution in [3.05, 3.63) is 47.5 Å². The Bertz CT molecular complexity index is 431. The van der Waals surface area contributed by atoms with E-state index in [0.29, 0.717) is 18.3 Å². The highest BCUT2D eigenvalue weighted by Crippen LogP contribution is 2.41. The Hall–Kier alpha value is -1.37. The molecule has 15 heavy (non-hydrogen) atoms. The SMILES string of the molecule is O=C1C=C[C@H]2CCc3ccccc3[C@@H]2C1. The minimum Gasteiger partial charge on any atom is -0.295 e. The molecule has 0 saturated heterocycles. The Morgan fingerprint density at radius 1 is 1.20 bits per heavy atom. The van der Waals surface area contributed by atoms with Gasteiger partial charge in [0.2, 0.25) is 0 Å². The average molecular weight is 198 g/mol. The molecule has 3 rings (SSSR count). The zero-order valence-electron chi connectivity index (χ0n) is 8.65. The van der Waals surface area contributed by atoms with Crippen molar-refractivity contribution in [1.29, 1.82) is 0 Å². The lowest BCUT2D eigenvalue weighted by Crippen LogP contribution is -2.24. The molecule has 1 aromatic carbocycles. The molecular formula is C14H14O. The van der Waals surface area contributed by atoms with Crippen LogP contribution in [0.4, 0.5) is 0 Å². The zero-order valence-corrected chi connectivity index (χ0v) is 8.65. The summed E-state index contributed by atoms with van der Waals surface area (Å²) >= 11 is 0. The molecular weight excluding hydrogens is 184 g/mol. The minimum atomic E-state index is 0.285. The highest BCUT2D eigenvalue weighted by molar-refractivity contribution is 5.91. The zero-order chi connectivity index (χ0) is 10.3. The van der Waals surface area contributed by atoms with Gasteiger partial charge in [-0.2, -0.15) is 0 Å². The molecule has 0 amide bonds. The van der Waals surface area contributed by atoms with Gasteiger partial charge >= 0.3 is 0 Å². The van der Waals surface area contributed by atoms with E-state index in [4.69, 9.17) is 0 Å². The number of hydrogen-bond donors (Lipinski definition) is 0. The van der Waals surface area contributed by atoms with Gasteiger partial charge in [0.1, 0.15) is 0 Å². The van der Waals surface area contributed by atoms with E-state index in [1.54, 1.807) is 6.08 Å². The molecule has 2 aliphatic carbocycles. The molecule has 0 N–H and O–H groups in total. The lowest BCUT2D eigenvalue weighted by Gasteiger charge is -2.33. The highest BCUT2D eigenvalue weighted by atomic mass is 16.1. The highest BCUT2D eigenvalue weighted by Gasteiger charge is 2.31. The number of aryl methyl sites for hydroxylation is 1. The van der Waals surface area contributed by atoms with Crippen LogP contribution in [0.2, 0.25) is 0 Å². The monoisotopic (exact) mass is 198 g/mol. The van der Waals surface area contributed by atoms with Gasteiger partial charge in [-0.05, 0) is 41.9 Å². The molecule has 0 aromatic heterocycles. The second kappa shape index (κ2) is 3.34. The Morgan fingerprint density at radius 3 is 3.00 bits per heavy atom. The molecule has 1 nitrogen and oxygen atoms in total. The molecule has 0 unspecified atom stereocenters. The van der Waals surface area contributed by atoms with Crippen LogP contribution in [-0.2, 0) is 11.2 Å². The van der Waals surface area contributed by atoms with Crippen LogP contribution in [-0.4, -0.2) is 5.78 Å². The van der Waals surface area contributed by atoms with Crippen LogP contribution in [0.1, 0.15) is 29.9 Å². The second-order valence-corrected chi connectivity index (χ2v) is 4.54. The predicted octanol–water partition coefficient (Wildman–Crippen LogP) is 2.86. The summed E-state index contributed by atoms with van der Waals surface area (Å²) in [6.07, 6.45) is 6.96. The summed E-state index contributed by atoms with van der Waals surface area (Å²) < 4.78 is 0. The van der Waals surface area contributed by atoms with Gasteiger partial charge in [-0.15, -0.1) is 0 Å². The van der Waals surface area contributed by atoms with E-state index in [2.05, 4.69) is 30.3 Å². The van der Waals surface area contributed by atoms with Crippen LogP contribution < -0.4 is 0 Å². The first-order valence-corrected chi connectivity index (χ1v) is 5.63. The molecule has 0 bridgehead atoms. The van der Waals surface area contributed by atoms with Crippen molar-refractivity contribution in [2.45, 2.75) is 25.2 Å². The first-order chi connectivity index (χ1) is 7.34. The van der Waals surface area contributed by atoms with Crippen LogP contribution in [0.5, 0.6) is 0 Å². The topological polar surface area (TPSA) is 17.1 Å². The van der Waals surface area contributed by atoms with Crippen molar-refractivity contribution in [3.8, 4) is 0 Å². The van der Waals surface area contributed by atoms with Crippen LogP contribution in [0, 0.1) is 5.92 Å². The van der Waals surface area contributed by atoms with Crippen LogP contribution in [0.3, 0.4) is 0 Å². The van der Waals surface area contributed by atoms with Crippen LogP contribution in [0.25, 0.3) is 0 Å². The summed E-state index contributed by atoms with van der Waals surface area (Å²) in [6, 6.07) is 8.58. The van der Waals surface area contributed by atoms with E-state index in [1.807, 2.05) is 0 Å². The summed E-state index contributed by atoms with van der Waals surface area (Å²) in [7, 11) is 0. The molecule has 2 aliphatic rings. The van der Waals surface area contributed by atoms with Crippen LogP contribution >= 0.6 is 0 Å². The predicted molar refractivity (Wildman–Crippen MR) is 59.8 cm³/mol. The summed E-state index contributed by atoms with van der Waals surface area (Å²) in [5.74, 6) is 1.33. The minimum absolute atomic E-state index is 0.285. The largest absolute Gasteiger partial charge is 0.295 e. The fourth-order valence-electron chi connectivity index (χ4n) is 2.88. The average Bonchev–Trinajstić information content (AvgIpc) is 2.29. The Labute approximate surface area is 89.8 Å². The fourth-order valence-corrected chi connectivity index (χ4v) is 2.88. The van der Waals surface area contributed by atoms with Crippen molar-refractivity contribution in [1.82, 2.24) is 0 Å². The number of rotatable bonds is 0. The summed E-state index contributed by atoms with van der Waals surface area (Å²) in [5.41, 5.74) is 2.85. The van der Waals surface area contributed by atoms with Gasteiger partial charge in [0.15, 0.2) is 5.78 Å². The number of ketones is 1. The van der Waals surface area contributed by atoms with Gasteiger partial charge in [-0.25, -0.2) is 0 Å². The number of allylic oxidation sites excluding steroid dienone is 2. The first-order valence-electron chi connectivity index (χ1n) is 5.63. The quantitative estimate of drug-likeness (QED) is 0.626. The maximum Gasteiger partial charge on any atom is 0.156 e. The molecule has 0 fully saturated rings. The number of fused-ring (bicyclic) bond motifs is 3. The summed E-state index contributed by atoms with van der Waals surface area (Å²) in [5, 5.41) is 0. The Balaban J connectivity index is 2.06. The van der Waals surface area contributed by atoms with Crippen molar-refractivity contribution in [3.63, 3.8) is 0 Å². The van der Waals surface area contributed by atoms with Gasteiger partial charge in [-0.1, -0.05) is 30.3 Å². The number of carbonyl (C=O) groups excluding carboxylic acids is 1. The lowest BCUT2D eigenvalue weighted by molar-refractivity contribution is -0.115. The second-order valence-electron chi connectivity index (χ2n) is 4.54. The number of benzene rings is 1. The summed E-state index contributed by atoms with van der Waals surface area (Å²) in [6.45, 7) is 0. The van der Waals surface area contributed by atoms with E-state index in [0.717, 1.165) is 6.42 Å². The van der Waals surface area contributed by atoms with Crippen molar-refractivity contribution in [2.75, 3.05) is 0 Å². The third-order valence-electron chi connectivity index (χ3n) is 3.67. The number of carbonyl (C=O) groups is 1. The van der Waals surface area contributed by atoms with E-state index >= 15 is 0 Å². The third-order valence-corrected chi connectivity index (χ3v) is 3.67. The smallest absolute Gasteiger partial charge is 0.156 e. The van der Waals surface area contributed by atoms with Crippen molar-refractivity contribution in [2.24, 2.45) is 5.92 Å². The fraction of sp³-hybridized carbons (Fsp3) is 0.357. The summed E-state index contributed by atoms with van der Waals surface area (Å²) in [4.78, 5) is 11.4. The molecule has 1 heteroatoms. The molecule has 1 aromatic rings. The Kier molecular flexibility index (Phi) is 1.98. The maximum atomic E-state index is 11.4. The molecule has 76 valence electrons. The lowest BCUT2D eigenvalue weighted by atomic mass is 9.71. The maximum absolute atomic E-state index is 11.4. The van der Waals surface area contributed by atoms with Gasteiger partial charge in [0, 0.05) is 6.42 Å². The van der Waals surface area contributed by atoms with Gasteiger partial charge in [0.25, 0.3) is 0 Å². The van der Waals surface area contributed by atoms with E-state index in [-0.39, 0.29) is 5.78 Å². The van der Waals surface area contributed by atoms with E-state index in [1.165, 1.54) is 17.5 Å². The van der Waals surface area contributed by atoms with E-state index < -0.39 is 0 Å². The normalized spacial score (nSPS) is 28.4. The Morgan fingerprint density at radius 2 is 2.07 bits per heavy atom. The first kappa shape index (κ1) is 8.90. The van der Waals surface area contributed by atoms with E-state index in [9.17, 15) is 4.79 Å². The van der Waals surface area contributed by atoms with Gasteiger partial charge in [-0.3, -0.25) is 4.79 Å². The standard InChI is InChI=1S/C14H14O/c15-12-8-7-11-6-5-10-3-1-2-4-13(10)14(11)9-12/h1-4,7-8,11,14H,5-6,9H2/t11-,14-/m1/s1. The molecule has 0 spiro atoms.